The van der Waals surface area contributed by atoms with Crippen LogP contribution in [0.3, 0.4) is 0 Å². The number of para-hydroxylation sites is 2. The predicted molar refractivity (Wildman–Crippen MR) is 199 cm³/mol. The Morgan fingerprint density at radius 2 is 1.13 bits per heavy atom. The van der Waals surface area contributed by atoms with Crippen molar-refractivity contribution in [3.05, 3.63) is 158 Å². The van der Waals surface area contributed by atoms with Crippen LogP contribution >= 0.6 is 0 Å². The second kappa shape index (κ2) is 9.25. The molecule has 0 fully saturated rings. The molecule has 47 heavy (non-hydrogen) atoms. The van der Waals surface area contributed by atoms with E-state index in [1.165, 1.54) is 66.1 Å². The van der Waals surface area contributed by atoms with Gasteiger partial charge in [-0.3, -0.25) is 0 Å². The van der Waals surface area contributed by atoms with Crippen LogP contribution in [-0.4, -0.2) is 6.71 Å². The van der Waals surface area contributed by atoms with Gasteiger partial charge in [0.05, 0.1) is 5.69 Å². The van der Waals surface area contributed by atoms with E-state index in [4.69, 9.17) is 4.42 Å². The van der Waals surface area contributed by atoms with E-state index in [-0.39, 0.29) is 6.71 Å². The van der Waals surface area contributed by atoms with Crippen molar-refractivity contribution in [1.29, 1.82) is 0 Å². The van der Waals surface area contributed by atoms with Gasteiger partial charge in [-0.25, -0.2) is 0 Å². The number of anilines is 3. The first-order valence-electron chi connectivity index (χ1n) is 16.3. The summed E-state index contributed by atoms with van der Waals surface area (Å²) in [6.07, 6.45) is 0. The maximum absolute atomic E-state index is 6.60. The normalized spacial score (nSPS) is 13.0. The number of nitrogens with zero attached hydrogens (tertiary/aromatic N) is 1. The molecular weight excluding hydrogens is 569 g/mol. The highest BCUT2D eigenvalue weighted by molar-refractivity contribution is 7.01. The summed E-state index contributed by atoms with van der Waals surface area (Å²) in [5.74, 6) is 0. The number of furan rings is 1. The zero-order chi connectivity index (χ0) is 30.6. The second-order valence-electron chi connectivity index (χ2n) is 12.8. The molecule has 0 saturated heterocycles. The van der Waals surface area contributed by atoms with Crippen LogP contribution in [0.2, 0.25) is 0 Å². The molecule has 0 bridgehead atoms. The predicted octanol–water partition coefficient (Wildman–Crippen LogP) is 9.84. The monoisotopic (exact) mass is 595 g/mol. The molecule has 9 aromatic rings. The Kier molecular flexibility index (Phi) is 4.95. The number of hydrogen-bond donors (Lipinski definition) is 0. The van der Waals surface area contributed by atoms with Gasteiger partial charge in [0.15, 0.2) is 0 Å². The topological polar surface area (TPSA) is 16.4 Å². The summed E-state index contributed by atoms with van der Waals surface area (Å²) in [4.78, 5) is 2.56. The van der Waals surface area contributed by atoms with Crippen molar-refractivity contribution < 1.29 is 4.42 Å². The average molecular weight is 596 g/mol. The summed E-state index contributed by atoms with van der Waals surface area (Å²) in [5, 5.41) is 7.27. The third-order valence-electron chi connectivity index (χ3n) is 10.4. The fourth-order valence-electron chi connectivity index (χ4n) is 8.48. The fourth-order valence-corrected chi connectivity index (χ4v) is 8.48. The maximum atomic E-state index is 6.60. The Balaban J connectivity index is 1.30. The van der Waals surface area contributed by atoms with Gasteiger partial charge >= 0.3 is 0 Å². The first-order valence-corrected chi connectivity index (χ1v) is 16.3. The summed E-state index contributed by atoms with van der Waals surface area (Å²) < 4.78 is 6.60. The minimum atomic E-state index is 0.151. The van der Waals surface area contributed by atoms with Gasteiger partial charge in [-0.15, -0.1) is 0 Å². The number of hydrogen-bond acceptors (Lipinski definition) is 2. The van der Waals surface area contributed by atoms with Gasteiger partial charge in [0.1, 0.15) is 11.2 Å². The molecule has 0 radical (unpaired) electrons. The molecular formula is C44H26BNO. The molecule has 2 aliphatic heterocycles. The number of fused-ring (bicyclic) bond motifs is 11. The van der Waals surface area contributed by atoms with Gasteiger partial charge in [0.2, 0.25) is 6.71 Å². The molecule has 216 valence electrons. The van der Waals surface area contributed by atoms with Crippen molar-refractivity contribution in [1.82, 2.24) is 0 Å². The minimum absolute atomic E-state index is 0.151. The van der Waals surface area contributed by atoms with Gasteiger partial charge < -0.3 is 9.32 Å². The number of rotatable bonds is 2. The molecule has 0 spiro atoms. The quantitative estimate of drug-likeness (QED) is 0.185. The highest BCUT2D eigenvalue weighted by Gasteiger charge is 2.43. The van der Waals surface area contributed by atoms with Crippen molar-refractivity contribution in [2.24, 2.45) is 0 Å². The maximum Gasteiger partial charge on any atom is 0.248 e. The lowest BCUT2D eigenvalue weighted by Crippen LogP contribution is -2.54. The molecule has 8 aromatic carbocycles. The lowest BCUT2D eigenvalue weighted by Gasteiger charge is -2.37. The highest BCUT2D eigenvalue weighted by Crippen LogP contribution is 2.47. The second-order valence-corrected chi connectivity index (χ2v) is 12.8. The smallest absolute Gasteiger partial charge is 0.248 e. The Hall–Kier alpha value is -6.06. The molecule has 0 unspecified atom stereocenters. The zero-order valence-electron chi connectivity index (χ0n) is 25.4. The molecule has 0 atom stereocenters. The SMILES string of the molecule is c1ccc2c(c1)B1c3ccc4ccccc4c3N(c3cccc4ccccc34)c3cc(-c4cccc5c4oc4ccccc45)cc-2c31. The summed E-state index contributed by atoms with van der Waals surface area (Å²) in [7, 11) is 0. The molecule has 3 heterocycles. The Bertz CT molecular complexity index is 2770. The average Bonchev–Trinajstić information content (AvgIpc) is 3.68. The fraction of sp³-hybridized carbons (Fsp3) is 0. The largest absolute Gasteiger partial charge is 0.455 e. The van der Waals surface area contributed by atoms with E-state index in [0.717, 1.165) is 33.1 Å². The van der Waals surface area contributed by atoms with Crippen LogP contribution in [0.5, 0.6) is 0 Å². The van der Waals surface area contributed by atoms with Crippen LogP contribution in [0.25, 0.3) is 65.7 Å². The molecule has 0 N–H and O–H groups in total. The number of benzene rings is 8. The van der Waals surface area contributed by atoms with Crippen LogP contribution in [0.4, 0.5) is 17.1 Å². The molecule has 11 rings (SSSR count). The molecule has 0 aliphatic carbocycles. The van der Waals surface area contributed by atoms with E-state index in [1.54, 1.807) is 0 Å². The van der Waals surface area contributed by atoms with Crippen LogP contribution in [-0.2, 0) is 0 Å². The van der Waals surface area contributed by atoms with Gasteiger partial charge in [-0.2, -0.15) is 0 Å². The molecule has 1 aromatic heterocycles. The third kappa shape index (κ3) is 3.35. The van der Waals surface area contributed by atoms with Crippen molar-refractivity contribution in [3.63, 3.8) is 0 Å². The van der Waals surface area contributed by atoms with Gasteiger partial charge in [-0.1, -0.05) is 139 Å². The van der Waals surface area contributed by atoms with Crippen LogP contribution < -0.4 is 21.3 Å². The summed E-state index contributed by atoms with van der Waals surface area (Å²) >= 11 is 0. The lowest BCUT2D eigenvalue weighted by molar-refractivity contribution is 0.670. The highest BCUT2D eigenvalue weighted by atomic mass is 16.3. The van der Waals surface area contributed by atoms with Crippen molar-refractivity contribution in [3.8, 4) is 22.3 Å². The Morgan fingerprint density at radius 3 is 2.04 bits per heavy atom. The van der Waals surface area contributed by atoms with Crippen LogP contribution in [0.1, 0.15) is 0 Å². The minimum Gasteiger partial charge on any atom is -0.455 e. The van der Waals surface area contributed by atoms with Crippen molar-refractivity contribution >= 4 is 83.6 Å². The molecule has 0 saturated carbocycles. The van der Waals surface area contributed by atoms with E-state index in [1.807, 2.05) is 6.07 Å². The van der Waals surface area contributed by atoms with Crippen molar-refractivity contribution in [2.75, 3.05) is 4.90 Å². The van der Waals surface area contributed by atoms with E-state index in [2.05, 4.69) is 157 Å². The first kappa shape index (κ1) is 25.2. The van der Waals surface area contributed by atoms with E-state index in [0.29, 0.717) is 0 Å². The summed E-state index contributed by atoms with van der Waals surface area (Å²) in [6.45, 7) is 0.151. The van der Waals surface area contributed by atoms with Crippen LogP contribution in [0, 0.1) is 0 Å². The standard InChI is InChI=1S/C44H26BNO/c1-3-14-30-27(11-1)13-9-21-39(30)46-40-26-29(32-18-10-19-35-34-17-6-8-22-41(34)47-44(32)35)25-36-33-16-5-7-20-37(33)45(42(36)40)38-24-23-28-12-2-4-15-31(28)43(38)46/h1-26H. The molecule has 2 aliphatic rings. The molecule has 3 heteroatoms. The molecule has 0 amide bonds. The lowest BCUT2D eigenvalue weighted by atomic mass is 9.37. The Labute approximate surface area is 272 Å². The third-order valence-corrected chi connectivity index (χ3v) is 10.4. The van der Waals surface area contributed by atoms with E-state index < -0.39 is 0 Å². The summed E-state index contributed by atoms with van der Waals surface area (Å²) in [6, 6.07) is 57.7. The first-order chi connectivity index (χ1) is 23.3. The van der Waals surface area contributed by atoms with Crippen molar-refractivity contribution in [2.45, 2.75) is 0 Å². The zero-order valence-corrected chi connectivity index (χ0v) is 25.4. The molecule has 2 nitrogen and oxygen atoms in total. The van der Waals surface area contributed by atoms with Crippen LogP contribution in [0.15, 0.2) is 162 Å². The van der Waals surface area contributed by atoms with Gasteiger partial charge in [0, 0.05) is 38.5 Å². The van der Waals surface area contributed by atoms with Gasteiger partial charge in [0.25, 0.3) is 0 Å². The van der Waals surface area contributed by atoms with E-state index in [9.17, 15) is 0 Å². The van der Waals surface area contributed by atoms with Gasteiger partial charge in [-0.05, 0) is 62.7 Å². The summed E-state index contributed by atoms with van der Waals surface area (Å²) in [5.41, 5.74) is 14.5. The van der Waals surface area contributed by atoms with E-state index >= 15 is 0 Å². The Morgan fingerprint density at radius 1 is 0.447 bits per heavy atom.